The van der Waals surface area contributed by atoms with Crippen LogP contribution < -0.4 is 15.4 Å². The zero-order valence-electron chi connectivity index (χ0n) is 15.5. The summed E-state index contributed by atoms with van der Waals surface area (Å²) in [6.07, 6.45) is 0. The molecule has 2 rings (SSSR count). The molecule has 154 valence electrons. The Kier molecular flexibility index (Phi) is 9.76. The number of benzene rings is 2. The third kappa shape index (κ3) is 6.99. The Morgan fingerprint density at radius 1 is 1.07 bits per heavy atom. The highest BCUT2D eigenvalue weighted by Crippen LogP contribution is 2.11. The van der Waals surface area contributed by atoms with Gasteiger partial charge in [0.1, 0.15) is 11.6 Å². The van der Waals surface area contributed by atoms with Gasteiger partial charge in [-0.3, -0.25) is 0 Å². The smallest absolute Gasteiger partial charge is 0.240 e. The lowest BCUT2D eigenvalue weighted by Gasteiger charge is -2.12. The van der Waals surface area contributed by atoms with Crippen molar-refractivity contribution in [1.29, 1.82) is 0 Å². The van der Waals surface area contributed by atoms with Crippen LogP contribution in [0.25, 0.3) is 0 Å². The van der Waals surface area contributed by atoms with Crippen LogP contribution in [-0.2, 0) is 23.1 Å². The lowest BCUT2D eigenvalue weighted by molar-refractivity contribution is 0.581. The van der Waals surface area contributed by atoms with Crippen LogP contribution in [0.4, 0.5) is 8.78 Å². The number of hydrogen-bond donors (Lipinski definition) is 3. The molecule has 0 aliphatic carbocycles. The van der Waals surface area contributed by atoms with Gasteiger partial charge < -0.3 is 10.6 Å². The van der Waals surface area contributed by atoms with Gasteiger partial charge in [0.05, 0.1) is 11.4 Å². The first kappa shape index (κ1) is 24.2. The maximum Gasteiger partial charge on any atom is 0.240 e. The predicted octanol–water partition coefficient (Wildman–Crippen LogP) is 2.75. The van der Waals surface area contributed by atoms with Gasteiger partial charge in [-0.15, -0.1) is 24.0 Å². The van der Waals surface area contributed by atoms with Crippen LogP contribution in [0.15, 0.2) is 52.4 Å². The van der Waals surface area contributed by atoms with Crippen molar-refractivity contribution < 1.29 is 17.2 Å². The van der Waals surface area contributed by atoms with Crippen molar-refractivity contribution in [2.45, 2.75) is 24.9 Å². The fraction of sp³-hybridized carbons (Fsp3) is 0.278. The number of nitrogens with one attached hydrogen (secondary N) is 3. The number of sulfonamides is 1. The highest BCUT2D eigenvalue weighted by molar-refractivity contribution is 14.0. The van der Waals surface area contributed by atoms with Gasteiger partial charge in [-0.2, -0.15) is 0 Å². The fourth-order valence-electron chi connectivity index (χ4n) is 2.26. The van der Waals surface area contributed by atoms with Crippen LogP contribution in [0.5, 0.6) is 0 Å². The van der Waals surface area contributed by atoms with E-state index < -0.39 is 21.7 Å². The molecule has 0 bridgehead atoms. The van der Waals surface area contributed by atoms with Gasteiger partial charge in [0, 0.05) is 18.7 Å². The van der Waals surface area contributed by atoms with E-state index in [1.54, 1.807) is 12.1 Å². The number of nitrogens with zero attached hydrogens (tertiary/aromatic N) is 1. The highest BCUT2D eigenvalue weighted by atomic mass is 127. The van der Waals surface area contributed by atoms with Crippen LogP contribution in [0.2, 0.25) is 0 Å². The molecule has 0 atom stereocenters. The summed E-state index contributed by atoms with van der Waals surface area (Å²) in [6, 6.07) is 9.62. The summed E-state index contributed by atoms with van der Waals surface area (Å²) in [5, 5.41) is 5.97. The molecule has 6 nitrogen and oxygen atoms in total. The minimum absolute atomic E-state index is 0. The van der Waals surface area contributed by atoms with Crippen LogP contribution in [0.1, 0.15) is 18.1 Å². The quantitative estimate of drug-likeness (QED) is 0.296. The van der Waals surface area contributed by atoms with Gasteiger partial charge in [-0.25, -0.2) is 26.9 Å². The number of rotatable bonds is 7. The van der Waals surface area contributed by atoms with Gasteiger partial charge in [0.2, 0.25) is 10.0 Å². The third-order valence-corrected chi connectivity index (χ3v) is 5.15. The molecule has 0 aliphatic rings. The first-order valence-electron chi connectivity index (χ1n) is 8.34. The molecule has 0 saturated carbocycles. The summed E-state index contributed by atoms with van der Waals surface area (Å²) in [4.78, 5) is 4.55. The Morgan fingerprint density at radius 3 is 2.36 bits per heavy atom. The highest BCUT2D eigenvalue weighted by Gasteiger charge is 2.10. The average molecular weight is 524 g/mol. The Morgan fingerprint density at radius 2 is 1.75 bits per heavy atom. The topological polar surface area (TPSA) is 82.6 Å². The van der Waals surface area contributed by atoms with E-state index >= 15 is 0 Å². The molecular weight excluding hydrogens is 501 g/mol. The minimum atomic E-state index is -3.48. The summed E-state index contributed by atoms with van der Waals surface area (Å²) >= 11 is 0. The summed E-state index contributed by atoms with van der Waals surface area (Å²) < 4.78 is 52.6. The van der Waals surface area contributed by atoms with E-state index in [1.165, 1.54) is 19.2 Å². The van der Waals surface area contributed by atoms with Gasteiger partial charge in [-0.1, -0.05) is 12.1 Å². The molecule has 0 amide bonds. The maximum atomic E-state index is 13.7. The van der Waals surface area contributed by atoms with Gasteiger partial charge >= 0.3 is 0 Å². The Labute approximate surface area is 180 Å². The van der Waals surface area contributed by atoms with E-state index in [9.17, 15) is 17.2 Å². The molecule has 28 heavy (non-hydrogen) atoms. The lowest BCUT2D eigenvalue weighted by Crippen LogP contribution is -2.37. The Bertz CT molecular complexity index is 906. The molecule has 0 spiro atoms. The Hall–Kier alpha value is -1.79. The summed E-state index contributed by atoms with van der Waals surface area (Å²) in [7, 11) is -2.13. The molecule has 0 unspecified atom stereocenters. The molecule has 0 aliphatic heterocycles. The van der Waals surface area contributed by atoms with Crippen molar-refractivity contribution in [3.63, 3.8) is 0 Å². The van der Waals surface area contributed by atoms with E-state index in [4.69, 9.17) is 0 Å². The monoisotopic (exact) mass is 524 g/mol. The normalized spacial score (nSPS) is 11.6. The summed E-state index contributed by atoms with van der Waals surface area (Å²) in [5.41, 5.74) is 1.00. The third-order valence-electron chi connectivity index (χ3n) is 3.72. The molecule has 0 radical (unpaired) electrons. The molecule has 0 fully saturated rings. The van der Waals surface area contributed by atoms with Crippen LogP contribution in [0, 0.1) is 11.6 Å². The second kappa shape index (κ2) is 11.3. The number of hydrogen-bond acceptors (Lipinski definition) is 3. The van der Waals surface area contributed by atoms with E-state index in [2.05, 4.69) is 20.3 Å². The van der Waals surface area contributed by atoms with Gasteiger partial charge in [-0.05, 0) is 49.9 Å². The fourth-order valence-corrected chi connectivity index (χ4v) is 2.99. The number of aliphatic imine (C=N–C) groups is 1. The second-order valence-electron chi connectivity index (χ2n) is 5.64. The van der Waals surface area contributed by atoms with Gasteiger partial charge in [0.15, 0.2) is 5.96 Å². The van der Waals surface area contributed by atoms with Crippen molar-refractivity contribution in [3.05, 3.63) is 65.2 Å². The van der Waals surface area contributed by atoms with Crippen molar-refractivity contribution in [2.24, 2.45) is 4.99 Å². The molecular formula is C18H23F2IN4O2S. The van der Waals surface area contributed by atoms with E-state index in [0.717, 1.165) is 23.8 Å². The standard InChI is InChI=1S/C18H22F2N4O2S.HI/c1-3-22-18(24-12-14-10-15(19)6-9-17(14)20)23-11-13-4-7-16(8-5-13)27(25,26)21-2;/h4-10,21H,3,11-12H2,1-2H3,(H2,22,23,24);1H. The molecule has 10 heteroatoms. The molecule has 3 N–H and O–H groups in total. The maximum absolute atomic E-state index is 13.7. The van der Waals surface area contributed by atoms with Crippen molar-refractivity contribution in [2.75, 3.05) is 13.6 Å². The number of guanidine groups is 1. The SMILES string of the molecule is CCNC(=NCc1ccc(S(=O)(=O)NC)cc1)NCc1cc(F)ccc1F.I. The predicted molar refractivity (Wildman–Crippen MR) is 116 cm³/mol. The molecule has 0 saturated heterocycles. The molecule has 0 aromatic heterocycles. The van der Waals surface area contributed by atoms with E-state index in [-0.39, 0.29) is 41.0 Å². The molecule has 0 heterocycles. The molecule has 2 aromatic carbocycles. The van der Waals surface area contributed by atoms with Gasteiger partial charge in [0.25, 0.3) is 0 Å². The molecule has 2 aromatic rings. The summed E-state index contributed by atoms with van der Waals surface area (Å²) in [5.74, 6) is -0.569. The van der Waals surface area contributed by atoms with Crippen LogP contribution in [0.3, 0.4) is 0 Å². The van der Waals surface area contributed by atoms with Crippen molar-refractivity contribution in [3.8, 4) is 0 Å². The zero-order valence-corrected chi connectivity index (χ0v) is 18.6. The summed E-state index contributed by atoms with van der Waals surface area (Å²) in [6.45, 7) is 2.85. The van der Waals surface area contributed by atoms with E-state index in [1.807, 2.05) is 6.92 Å². The Balaban J connectivity index is 0.00000392. The first-order valence-corrected chi connectivity index (χ1v) is 9.82. The van der Waals surface area contributed by atoms with Crippen LogP contribution in [-0.4, -0.2) is 28.0 Å². The van der Waals surface area contributed by atoms with Crippen LogP contribution >= 0.6 is 24.0 Å². The second-order valence-corrected chi connectivity index (χ2v) is 7.52. The average Bonchev–Trinajstić information content (AvgIpc) is 2.66. The van der Waals surface area contributed by atoms with Crippen molar-refractivity contribution in [1.82, 2.24) is 15.4 Å². The lowest BCUT2D eigenvalue weighted by atomic mass is 10.2. The largest absolute Gasteiger partial charge is 0.357 e. The van der Waals surface area contributed by atoms with E-state index in [0.29, 0.717) is 19.0 Å². The zero-order chi connectivity index (χ0) is 19.9. The first-order chi connectivity index (χ1) is 12.9. The number of halogens is 3. The van der Waals surface area contributed by atoms with Crippen molar-refractivity contribution >= 4 is 40.0 Å². The minimum Gasteiger partial charge on any atom is -0.357 e.